The largest absolute Gasteiger partial charge is 0.497 e. The predicted octanol–water partition coefficient (Wildman–Crippen LogP) is 4.23. The van der Waals surface area contributed by atoms with Gasteiger partial charge in [-0.1, -0.05) is 37.1 Å². The van der Waals surface area contributed by atoms with Crippen LogP contribution in [0.15, 0.2) is 53.5 Å². The average molecular weight is 565 g/mol. The number of aliphatic imine (C=N–C) groups is 1. The highest BCUT2D eigenvalue weighted by molar-refractivity contribution is 14.0. The molecule has 7 heteroatoms. The Balaban J connectivity index is 0.00000385. The zero-order valence-electron chi connectivity index (χ0n) is 20.2. The number of methoxy groups -OCH3 is 1. The van der Waals surface area contributed by atoms with Crippen molar-refractivity contribution in [1.82, 2.24) is 15.5 Å². The molecule has 2 aromatic carbocycles. The summed E-state index contributed by atoms with van der Waals surface area (Å²) in [5, 5.41) is 6.98. The monoisotopic (exact) mass is 564 g/mol. The Bertz CT molecular complexity index is 939. The van der Waals surface area contributed by atoms with Crippen molar-refractivity contribution in [3.05, 3.63) is 65.2 Å². The molecular weight excluding hydrogens is 527 g/mol. The van der Waals surface area contributed by atoms with Crippen LogP contribution in [-0.4, -0.2) is 58.1 Å². The maximum absolute atomic E-state index is 12.2. The second-order valence-corrected chi connectivity index (χ2v) is 8.72. The molecule has 0 atom stereocenters. The number of hydrogen-bond donors (Lipinski definition) is 2. The molecular formula is C26H37IN4O2. The first-order valence-corrected chi connectivity index (χ1v) is 11.4. The first kappa shape index (κ1) is 27.0. The summed E-state index contributed by atoms with van der Waals surface area (Å²) in [7, 11) is 7.07. The van der Waals surface area contributed by atoms with Crippen molar-refractivity contribution in [2.45, 2.75) is 37.5 Å². The van der Waals surface area contributed by atoms with Crippen LogP contribution < -0.4 is 15.4 Å². The van der Waals surface area contributed by atoms with Crippen molar-refractivity contribution in [3.63, 3.8) is 0 Å². The van der Waals surface area contributed by atoms with Gasteiger partial charge in [0.1, 0.15) is 5.75 Å². The van der Waals surface area contributed by atoms with Gasteiger partial charge in [-0.2, -0.15) is 0 Å². The van der Waals surface area contributed by atoms with Crippen LogP contribution >= 0.6 is 24.0 Å². The summed E-state index contributed by atoms with van der Waals surface area (Å²) in [6.07, 6.45) is 5.63. The third-order valence-corrected chi connectivity index (χ3v) is 6.35. The number of amides is 1. The third kappa shape index (κ3) is 7.09. The summed E-state index contributed by atoms with van der Waals surface area (Å²) in [6.45, 7) is 1.58. The molecule has 0 radical (unpaired) electrons. The number of nitrogens with one attached hydrogen (secondary N) is 2. The van der Waals surface area contributed by atoms with E-state index in [2.05, 4.69) is 39.9 Å². The second-order valence-electron chi connectivity index (χ2n) is 8.72. The van der Waals surface area contributed by atoms with E-state index in [0.29, 0.717) is 0 Å². The van der Waals surface area contributed by atoms with Crippen molar-refractivity contribution in [2.75, 3.05) is 41.3 Å². The average Bonchev–Trinajstić information content (AvgIpc) is 3.31. The smallest absolute Gasteiger partial charge is 0.253 e. The van der Waals surface area contributed by atoms with Crippen LogP contribution in [0.4, 0.5) is 0 Å². The number of halogens is 1. The van der Waals surface area contributed by atoms with Crippen molar-refractivity contribution < 1.29 is 9.53 Å². The fraction of sp³-hybridized carbons (Fsp3) is 0.462. The number of hydrogen-bond acceptors (Lipinski definition) is 3. The Kier molecular flexibility index (Phi) is 10.5. The third-order valence-electron chi connectivity index (χ3n) is 6.35. The summed E-state index contributed by atoms with van der Waals surface area (Å²) in [6, 6.07) is 16.3. The molecule has 2 aromatic rings. The zero-order chi connectivity index (χ0) is 23.0. The first-order valence-electron chi connectivity index (χ1n) is 11.4. The maximum atomic E-state index is 12.2. The van der Waals surface area contributed by atoms with Gasteiger partial charge < -0.3 is 20.3 Å². The van der Waals surface area contributed by atoms with Gasteiger partial charge in [0.05, 0.1) is 7.11 Å². The SMILES string of the molecule is CN=C(NCCc1cccc(C(=O)N(C)C)c1)NCC1(c2cccc(OC)c2)CCCC1.I. The molecule has 0 spiro atoms. The molecule has 1 aliphatic rings. The van der Waals surface area contributed by atoms with Gasteiger partial charge >= 0.3 is 0 Å². The quantitative estimate of drug-likeness (QED) is 0.286. The van der Waals surface area contributed by atoms with E-state index < -0.39 is 0 Å². The minimum Gasteiger partial charge on any atom is -0.497 e. The highest BCUT2D eigenvalue weighted by Crippen LogP contribution is 2.41. The normalized spacial score (nSPS) is 14.8. The molecule has 1 saturated carbocycles. The number of nitrogens with zero attached hydrogens (tertiary/aromatic N) is 2. The van der Waals surface area contributed by atoms with Gasteiger partial charge in [-0.3, -0.25) is 9.79 Å². The van der Waals surface area contributed by atoms with Crippen LogP contribution in [0, 0.1) is 0 Å². The maximum Gasteiger partial charge on any atom is 0.253 e. The molecule has 0 aromatic heterocycles. The summed E-state index contributed by atoms with van der Waals surface area (Å²) in [5.41, 5.74) is 3.29. The molecule has 180 valence electrons. The molecule has 1 aliphatic carbocycles. The first-order chi connectivity index (χ1) is 15.5. The number of rotatable bonds is 8. The molecule has 0 bridgehead atoms. The highest BCUT2D eigenvalue weighted by Gasteiger charge is 2.36. The molecule has 0 unspecified atom stereocenters. The molecule has 3 rings (SSSR count). The van der Waals surface area contributed by atoms with Crippen LogP contribution in [0.2, 0.25) is 0 Å². The highest BCUT2D eigenvalue weighted by atomic mass is 127. The molecule has 6 nitrogen and oxygen atoms in total. The molecule has 0 aliphatic heterocycles. The number of guanidine groups is 1. The Morgan fingerprint density at radius 2 is 1.82 bits per heavy atom. The van der Waals surface area contributed by atoms with Crippen molar-refractivity contribution in [3.8, 4) is 5.75 Å². The van der Waals surface area contributed by atoms with Crippen LogP contribution in [0.25, 0.3) is 0 Å². The van der Waals surface area contributed by atoms with E-state index in [0.717, 1.165) is 55.2 Å². The van der Waals surface area contributed by atoms with Crippen molar-refractivity contribution >= 4 is 35.8 Å². The second kappa shape index (κ2) is 12.8. The van der Waals surface area contributed by atoms with E-state index in [9.17, 15) is 4.79 Å². The summed E-state index contributed by atoms with van der Waals surface area (Å²) in [5.74, 6) is 1.74. The van der Waals surface area contributed by atoms with Gasteiger partial charge in [0.2, 0.25) is 0 Å². The topological polar surface area (TPSA) is 66.0 Å². The zero-order valence-corrected chi connectivity index (χ0v) is 22.5. The lowest BCUT2D eigenvalue weighted by Gasteiger charge is -2.31. The molecule has 2 N–H and O–H groups in total. The van der Waals surface area contributed by atoms with Crippen molar-refractivity contribution in [1.29, 1.82) is 0 Å². The van der Waals surface area contributed by atoms with Gasteiger partial charge in [-0.05, 0) is 54.7 Å². The standard InChI is InChI=1S/C26H36N4O2.HI/c1-27-25(28-16-13-20-9-7-10-21(17-20)24(31)30(2)3)29-19-26(14-5-6-15-26)22-11-8-12-23(18-22)32-4;/h7-12,17-18H,5-6,13-16,19H2,1-4H3,(H2,27,28,29);1H. The van der Waals surface area contributed by atoms with Crippen LogP contribution in [-0.2, 0) is 11.8 Å². The Labute approximate surface area is 215 Å². The Hall–Kier alpha value is -2.29. The molecule has 0 saturated heterocycles. The van der Waals surface area contributed by atoms with E-state index in [-0.39, 0.29) is 35.3 Å². The summed E-state index contributed by atoms with van der Waals surface area (Å²) in [4.78, 5) is 18.2. The number of carbonyl (C=O) groups excluding carboxylic acids is 1. The number of carbonyl (C=O) groups is 1. The number of ether oxygens (including phenoxy) is 1. The lowest BCUT2D eigenvalue weighted by molar-refractivity contribution is 0.0827. The van der Waals surface area contributed by atoms with Crippen LogP contribution in [0.3, 0.4) is 0 Å². The van der Waals surface area contributed by atoms with E-state index in [1.165, 1.54) is 18.4 Å². The van der Waals surface area contributed by atoms with Gasteiger partial charge in [0, 0.05) is 45.2 Å². The summed E-state index contributed by atoms with van der Waals surface area (Å²) < 4.78 is 5.46. The lowest BCUT2D eigenvalue weighted by atomic mass is 9.78. The molecule has 0 heterocycles. The van der Waals surface area contributed by atoms with Crippen LogP contribution in [0.1, 0.15) is 47.2 Å². The van der Waals surface area contributed by atoms with E-state index in [1.807, 2.05) is 24.3 Å². The van der Waals surface area contributed by atoms with Crippen LogP contribution in [0.5, 0.6) is 5.75 Å². The number of benzene rings is 2. The molecule has 1 fully saturated rings. The van der Waals surface area contributed by atoms with Gasteiger partial charge in [0.15, 0.2) is 5.96 Å². The summed E-state index contributed by atoms with van der Waals surface area (Å²) >= 11 is 0. The molecule has 33 heavy (non-hydrogen) atoms. The van der Waals surface area contributed by atoms with E-state index in [1.54, 1.807) is 33.2 Å². The minimum atomic E-state index is 0. The predicted molar refractivity (Wildman–Crippen MR) is 146 cm³/mol. The minimum absolute atomic E-state index is 0. The van der Waals surface area contributed by atoms with E-state index in [4.69, 9.17) is 4.74 Å². The Morgan fingerprint density at radius 3 is 2.48 bits per heavy atom. The fourth-order valence-electron chi connectivity index (χ4n) is 4.49. The fourth-order valence-corrected chi connectivity index (χ4v) is 4.49. The lowest BCUT2D eigenvalue weighted by Crippen LogP contribution is -2.45. The van der Waals surface area contributed by atoms with Crippen molar-refractivity contribution in [2.24, 2.45) is 4.99 Å². The Morgan fingerprint density at radius 1 is 1.09 bits per heavy atom. The van der Waals surface area contributed by atoms with Gasteiger partial charge in [0.25, 0.3) is 5.91 Å². The van der Waals surface area contributed by atoms with Gasteiger partial charge in [-0.15, -0.1) is 24.0 Å². The molecule has 1 amide bonds. The van der Waals surface area contributed by atoms with E-state index >= 15 is 0 Å². The van der Waals surface area contributed by atoms with Gasteiger partial charge in [-0.25, -0.2) is 0 Å².